The van der Waals surface area contributed by atoms with Gasteiger partial charge in [0, 0.05) is 6.07 Å². The van der Waals surface area contributed by atoms with E-state index in [0.29, 0.717) is 11.3 Å². The lowest BCUT2D eigenvalue weighted by atomic mass is 10.3. The van der Waals surface area contributed by atoms with Crippen molar-refractivity contribution >= 4 is 23.4 Å². The minimum atomic E-state index is -0.720. The van der Waals surface area contributed by atoms with Crippen LogP contribution in [0.2, 0.25) is 0 Å². The second-order valence-corrected chi connectivity index (χ2v) is 6.43. The molecule has 0 fully saturated rings. The van der Waals surface area contributed by atoms with E-state index < -0.39 is 22.8 Å². The molecule has 9 heteroatoms. The number of aryl methyl sites for hydroxylation is 1. The Bertz CT molecular complexity index is 910. The maximum Gasteiger partial charge on any atom is 0.277 e. The van der Waals surface area contributed by atoms with Crippen LogP contribution in [0, 0.1) is 18.6 Å². The number of halogens is 2. The minimum Gasteiger partial charge on any atom is -0.469 e. The lowest BCUT2D eigenvalue weighted by Crippen LogP contribution is -2.23. The van der Waals surface area contributed by atoms with Crippen LogP contribution in [0.25, 0.3) is 11.5 Å². The monoisotopic (exact) mass is 365 g/mol. The van der Waals surface area contributed by atoms with Crippen molar-refractivity contribution in [2.24, 2.45) is 0 Å². The molecule has 0 aliphatic heterocycles. The van der Waals surface area contributed by atoms with Crippen molar-refractivity contribution in [1.29, 1.82) is 0 Å². The first-order valence-corrected chi connectivity index (χ1v) is 8.12. The molecule has 0 saturated carbocycles. The van der Waals surface area contributed by atoms with Gasteiger partial charge in [0.05, 0.1) is 22.8 Å². The van der Waals surface area contributed by atoms with Crippen LogP contribution in [0.1, 0.15) is 12.7 Å². The van der Waals surface area contributed by atoms with E-state index in [9.17, 15) is 13.6 Å². The number of aromatic nitrogens is 2. The highest BCUT2D eigenvalue weighted by molar-refractivity contribution is 8.00. The first-order valence-electron chi connectivity index (χ1n) is 7.24. The van der Waals surface area contributed by atoms with Gasteiger partial charge in [-0.2, -0.15) is 0 Å². The normalized spacial score (nSPS) is 12.2. The molecule has 3 rings (SSSR count). The summed E-state index contributed by atoms with van der Waals surface area (Å²) in [4.78, 5) is 12.1. The number of benzene rings is 1. The maximum atomic E-state index is 13.6. The highest BCUT2D eigenvalue weighted by Gasteiger charge is 2.21. The van der Waals surface area contributed by atoms with Gasteiger partial charge >= 0.3 is 0 Å². The molecule has 3 aromatic rings. The number of nitrogens with zero attached hydrogens (tertiary/aromatic N) is 2. The molecule has 6 nitrogen and oxygen atoms in total. The summed E-state index contributed by atoms with van der Waals surface area (Å²) in [5.41, 5.74) is 0.441. The lowest BCUT2D eigenvalue weighted by molar-refractivity contribution is -0.115. The molecule has 0 radical (unpaired) electrons. The van der Waals surface area contributed by atoms with Crippen molar-refractivity contribution in [3.63, 3.8) is 0 Å². The van der Waals surface area contributed by atoms with Gasteiger partial charge in [-0.15, -0.1) is 10.2 Å². The van der Waals surface area contributed by atoms with Crippen LogP contribution >= 0.6 is 11.8 Å². The molecule has 0 bridgehead atoms. The Morgan fingerprint density at radius 3 is 2.80 bits per heavy atom. The van der Waals surface area contributed by atoms with Crippen LogP contribution in [0.5, 0.6) is 0 Å². The number of furan rings is 1. The summed E-state index contributed by atoms with van der Waals surface area (Å²) < 4.78 is 37.4. The Balaban J connectivity index is 1.67. The number of anilines is 1. The van der Waals surface area contributed by atoms with Gasteiger partial charge in [-0.1, -0.05) is 11.8 Å². The molecule has 0 aliphatic carbocycles. The lowest BCUT2D eigenvalue weighted by Gasteiger charge is -2.10. The largest absolute Gasteiger partial charge is 0.469 e. The number of nitrogens with one attached hydrogen (secondary N) is 1. The Morgan fingerprint density at radius 2 is 2.08 bits per heavy atom. The molecule has 1 N–H and O–H groups in total. The highest BCUT2D eigenvalue weighted by atomic mass is 32.2. The van der Waals surface area contributed by atoms with Crippen molar-refractivity contribution in [3.05, 3.63) is 47.9 Å². The molecule has 1 atom stereocenters. The Morgan fingerprint density at radius 1 is 1.28 bits per heavy atom. The van der Waals surface area contributed by atoms with E-state index in [-0.39, 0.29) is 16.8 Å². The average Bonchev–Trinajstić information content (AvgIpc) is 3.19. The van der Waals surface area contributed by atoms with Crippen LogP contribution in [-0.2, 0) is 4.79 Å². The summed E-state index contributed by atoms with van der Waals surface area (Å²) in [6.45, 7) is 3.35. The fraction of sp³-hybridized carbons (Fsp3) is 0.188. The predicted molar refractivity (Wildman–Crippen MR) is 87.0 cm³/mol. The number of thioether (sulfide) groups is 1. The average molecular weight is 365 g/mol. The Hall–Kier alpha value is -2.68. The van der Waals surface area contributed by atoms with Gasteiger partial charge in [0.25, 0.3) is 11.1 Å². The van der Waals surface area contributed by atoms with E-state index in [1.54, 1.807) is 19.9 Å². The van der Waals surface area contributed by atoms with Gasteiger partial charge in [0.1, 0.15) is 17.4 Å². The summed E-state index contributed by atoms with van der Waals surface area (Å²) in [7, 11) is 0. The van der Waals surface area contributed by atoms with E-state index in [2.05, 4.69) is 15.5 Å². The van der Waals surface area contributed by atoms with E-state index in [1.807, 2.05) is 0 Å². The Kier molecular flexibility index (Phi) is 4.84. The number of hydrogen-bond acceptors (Lipinski definition) is 6. The molecule has 130 valence electrons. The number of carbonyl (C=O) groups is 1. The van der Waals surface area contributed by atoms with Crippen molar-refractivity contribution in [3.8, 4) is 11.5 Å². The van der Waals surface area contributed by atoms with Crippen molar-refractivity contribution in [1.82, 2.24) is 10.2 Å². The third-order valence-corrected chi connectivity index (χ3v) is 4.26. The van der Waals surface area contributed by atoms with Crippen LogP contribution in [0.4, 0.5) is 14.5 Å². The summed E-state index contributed by atoms with van der Waals surface area (Å²) in [5.74, 6) is -0.977. The van der Waals surface area contributed by atoms with Crippen LogP contribution in [0.3, 0.4) is 0 Å². The van der Waals surface area contributed by atoms with Gasteiger partial charge in [-0.3, -0.25) is 4.79 Å². The second-order valence-electron chi connectivity index (χ2n) is 5.14. The van der Waals surface area contributed by atoms with Crippen LogP contribution in [0.15, 0.2) is 44.6 Å². The zero-order valence-corrected chi connectivity index (χ0v) is 14.1. The van der Waals surface area contributed by atoms with E-state index in [0.717, 1.165) is 30.0 Å². The molecular formula is C16H13F2N3O3S. The summed E-state index contributed by atoms with van der Waals surface area (Å²) in [6.07, 6.45) is 1.51. The molecule has 0 aliphatic rings. The minimum absolute atomic E-state index is 0.179. The summed E-state index contributed by atoms with van der Waals surface area (Å²) in [5, 5.41) is 9.62. The first-order chi connectivity index (χ1) is 11.9. The molecule has 1 aromatic carbocycles. The number of amides is 1. The van der Waals surface area contributed by atoms with Crippen molar-refractivity contribution in [2.75, 3.05) is 5.32 Å². The van der Waals surface area contributed by atoms with Crippen LogP contribution in [-0.4, -0.2) is 21.4 Å². The molecule has 2 aromatic heterocycles. The van der Waals surface area contributed by atoms with E-state index in [1.165, 1.54) is 6.26 Å². The Labute approximate surface area is 145 Å². The first kappa shape index (κ1) is 17.2. The zero-order chi connectivity index (χ0) is 18.0. The second kappa shape index (κ2) is 7.06. The number of carbonyl (C=O) groups excluding carboxylic acids is 1. The summed E-state index contributed by atoms with van der Waals surface area (Å²) in [6, 6.07) is 4.53. The maximum absolute atomic E-state index is 13.6. The molecule has 25 heavy (non-hydrogen) atoms. The molecule has 0 spiro atoms. The molecule has 0 saturated heterocycles. The third-order valence-electron chi connectivity index (χ3n) is 3.33. The van der Waals surface area contributed by atoms with Gasteiger partial charge in [-0.05, 0) is 32.0 Å². The smallest absolute Gasteiger partial charge is 0.277 e. The molecule has 0 unspecified atom stereocenters. The third kappa shape index (κ3) is 3.87. The standard InChI is InChI=1S/C16H13F2N3O3S/c1-8-11(5-6-23-8)15-20-21-16(24-15)25-9(2)14(22)19-13-7-10(17)3-4-12(13)18/h3-7,9H,1-2H3,(H,19,22)/t9-/m0/s1. The van der Waals surface area contributed by atoms with Crippen LogP contribution < -0.4 is 5.32 Å². The van der Waals surface area contributed by atoms with E-state index >= 15 is 0 Å². The van der Waals surface area contributed by atoms with Crippen molar-refractivity contribution < 1.29 is 22.4 Å². The SMILES string of the molecule is Cc1occc1-c1nnc(S[C@@H](C)C(=O)Nc2cc(F)ccc2F)o1. The van der Waals surface area contributed by atoms with Crippen molar-refractivity contribution in [2.45, 2.75) is 24.3 Å². The van der Waals surface area contributed by atoms with Gasteiger partial charge in [0.2, 0.25) is 5.91 Å². The number of hydrogen-bond donors (Lipinski definition) is 1. The zero-order valence-electron chi connectivity index (χ0n) is 13.2. The predicted octanol–water partition coefficient (Wildman–Crippen LogP) is 4.04. The van der Waals surface area contributed by atoms with Gasteiger partial charge < -0.3 is 14.2 Å². The molecule has 1 amide bonds. The number of rotatable bonds is 5. The van der Waals surface area contributed by atoms with E-state index in [4.69, 9.17) is 8.83 Å². The fourth-order valence-electron chi connectivity index (χ4n) is 2.01. The topological polar surface area (TPSA) is 81.2 Å². The summed E-state index contributed by atoms with van der Waals surface area (Å²) >= 11 is 1.01. The highest BCUT2D eigenvalue weighted by Crippen LogP contribution is 2.29. The molecule has 2 heterocycles. The van der Waals surface area contributed by atoms with Gasteiger partial charge in [-0.25, -0.2) is 8.78 Å². The molecular weight excluding hydrogens is 352 g/mol. The fourth-order valence-corrected chi connectivity index (χ4v) is 2.69. The van der Waals surface area contributed by atoms with Gasteiger partial charge in [0.15, 0.2) is 0 Å². The quantitative estimate of drug-likeness (QED) is 0.688.